The summed E-state index contributed by atoms with van der Waals surface area (Å²) in [5.41, 5.74) is -0.703. The molecule has 4 heteroatoms. The van der Waals surface area contributed by atoms with Gasteiger partial charge in [0, 0.05) is 24.1 Å². The highest BCUT2D eigenvalue weighted by molar-refractivity contribution is 6.31. The summed E-state index contributed by atoms with van der Waals surface area (Å²) < 4.78 is 18.5. The summed E-state index contributed by atoms with van der Waals surface area (Å²) in [7, 11) is 1.45. The Morgan fingerprint density at radius 3 is 2.62 bits per heavy atom. The largest absolute Gasteiger partial charge is 0.371 e. The first-order valence-corrected chi connectivity index (χ1v) is 5.27. The van der Waals surface area contributed by atoms with E-state index in [9.17, 15) is 9.18 Å². The van der Waals surface area contributed by atoms with Gasteiger partial charge in [0.1, 0.15) is 11.4 Å². The zero-order chi connectivity index (χ0) is 12.3. The molecule has 16 heavy (non-hydrogen) atoms. The van der Waals surface area contributed by atoms with Crippen LogP contribution < -0.4 is 0 Å². The van der Waals surface area contributed by atoms with Gasteiger partial charge in [-0.3, -0.25) is 4.79 Å². The van der Waals surface area contributed by atoms with Crippen LogP contribution in [0.2, 0.25) is 5.02 Å². The van der Waals surface area contributed by atoms with E-state index in [0.717, 1.165) is 0 Å². The Kier molecular flexibility index (Phi) is 4.05. The van der Waals surface area contributed by atoms with Crippen LogP contribution in [0.5, 0.6) is 0 Å². The molecule has 0 amide bonds. The quantitative estimate of drug-likeness (QED) is 0.814. The van der Waals surface area contributed by atoms with Crippen LogP contribution in [0, 0.1) is 5.82 Å². The average Bonchev–Trinajstić information content (AvgIpc) is 2.23. The molecule has 0 radical (unpaired) electrons. The second-order valence-electron chi connectivity index (χ2n) is 4.01. The van der Waals surface area contributed by atoms with E-state index < -0.39 is 11.4 Å². The Hall–Kier alpha value is -0.930. The van der Waals surface area contributed by atoms with Crippen molar-refractivity contribution in [2.75, 3.05) is 7.11 Å². The fourth-order valence-corrected chi connectivity index (χ4v) is 1.42. The van der Waals surface area contributed by atoms with Gasteiger partial charge in [-0.15, -0.1) is 0 Å². The van der Waals surface area contributed by atoms with Gasteiger partial charge in [0.05, 0.1) is 0 Å². The van der Waals surface area contributed by atoms with Gasteiger partial charge in [-0.05, 0) is 26.0 Å². The molecule has 0 N–H and O–H groups in total. The average molecular weight is 245 g/mol. The minimum Gasteiger partial charge on any atom is -0.371 e. The van der Waals surface area contributed by atoms with Crippen LogP contribution in [0.1, 0.15) is 19.4 Å². The first kappa shape index (κ1) is 13.1. The molecule has 0 atom stereocenters. The van der Waals surface area contributed by atoms with Gasteiger partial charge in [0.15, 0.2) is 5.78 Å². The van der Waals surface area contributed by atoms with Gasteiger partial charge < -0.3 is 4.74 Å². The Labute approximate surface area is 99.4 Å². The maximum atomic E-state index is 13.4. The molecule has 0 saturated carbocycles. The Morgan fingerprint density at radius 1 is 1.50 bits per heavy atom. The molecule has 1 aromatic rings. The van der Waals surface area contributed by atoms with E-state index in [-0.39, 0.29) is 22.8 Å². The van der Waals surface area contributed by atoms with Crippen LogP contribution >= 0.6 is 11.6 Å². The van der Waals surface area contributed by atoms with E-state index >= 15 is 0 Å². The smallest absolute Gasteiger partial charge is 0.168 e. The molecule has 88 valence electrons. The fourth-order valence-electron chi connectivity index (χ4n) is 1.19. The number of rotatable bonds is 4. The van der Waals surface area contributed by atoms with E-state index in [1.165, 1.54) is 19.2 Å². The van der Waals surface area contributed by atoms with Gasteiger partial charge in [0.2, 0.25) is 0 Å². The van der Waals surface area contributed by atoms with Crippen LogP contribution in [0.3, 0.4) is 0 Å². The molecule has 0 aliphatic rings. The lowest BCUT2D eigenvalue weighted by atomic mass is 9.96. The minimum atomic E-state index is -0.925. The maximum absolute atomic E-state index is 13.4. The summed E-state index contributed by atoms with van der Waals surface area (Å²) in [5.74, 6) is -0.672. The van der Waals surface area contributed by atoms with Crippen molar-refractivity contribution in [1.82, 2.24) is 0 Å². The number of ether oxygens (including phenoxy) is 1. The van der Waals surface area contributed by atoms with Crippen molar-refractivity contribution < 1.29 is 13.9 Å². The molecule has 0 aliphatic carbocycles. The molecule has 0 aliphatic heterocycles. The predicted molar refractivity (Wildman–Crippen MR) is 61.2 cm³/mol. The molecule has 0 unspecified atom stereocenters. The summed E-state index contributed by atoms with van der Waals surface area (Å²) >= 11 is 5.83. The molecule has 0 fully saturated rings. The predicted octanol–water partition coefficient (Wildman–Crippen LogP) is 3.02. The number of benzene rings is 1. The van der Waals surface area contributed by atoms with Crippen molar-refractivity contribution in [2.24, 2.45) is 0 Å². The van der Waals surface area contributed by atoms with E-state index in [0.29, 0.717) is 0 Å². The molecule has 2 nitrogen and oxygen atoms in total. The van der Waals surface area contributed by atoms with Crippen LogP contribution in [-0.4, -0.2) is 18.5 Å². The zero-order valence-corrected chi connectivity index (χ0v) is 10.3. The lowest BCUT2D eigenvalue weighted by Gasteiger charge is -2.21. The van der Waals surface area contributed by atoms with Crippen LogP contribution in [-0.2, 0) is 16.0 Å². The third kappa shape index (κ3) is 2.80. The number of methoxy groups -OCH3 is 1. The monoisotopic (exact) mass is 244 g/mol. The maximum Gasteiger partial charge on any atom is 0.168 e. The van der Waals surface area contributed by atoms with E-state index in [2.05, 4.69) is 0 Å². The second kappa shape index (κ2) is 4.93. The van der Waals surface area contributed by atoms with Crippen molar-refractivity contribution >= 4 is 17.4 Å². The Morgan fingerprint density at radius 2 is 2.12 bits per heavy atom. The number of carbonyl (C=O) groups is 1. The molecule has 0 spiro atoms. The molecular formula is C12H14ClFO2. The molecule has 1 rings (SSSR count). The number of Topliss-reactive ketones (excluding diaryl/α,β-unsaturated/α-hetero) is 1. The summed E-state index contributed by atoms with van der Waals surface area (Å²) in [6, 6.07) is 4.36. The molecule has 0 saturated heterocycles. The van der Waals surface area contributed by atoms with Crippen LogP contribution in [0.15, 0.2) is 18.2 Å². The standard InChI is InChI=1S/C12H14ClFO2/c1-12(2,16-3)11(15)7-8-9(13)5-4-6-10(8)14/h4-6H,7H2,1-3H3. The van der Waals surface area contributed by atoms with Crippen molar-refractivity contribution in [2.45, 2.75) is 25.9 Å². The zero-order valence-electron chi connectivity index (χ0n) is 9.51. The summed E-state index contributed by atoms with van der Waals surface area (Å²) in [5, 5.41) is 0.264. The number of carbonyl (C=O) groups excluding carboxylic acids is 1. The first-order valence-electron chi connectivity index (χ1n) is 4.90. The van der Waals surface area contributed by atoms with Crippen molar-refractivity contribution in [3.63, 3.8) is 0 Å². The van der Waals surface area contributed by atoms with E-state index in [4.69, 9.17) is 16.3 Å². The third-order valence-electron chi connectivity index (χ3n) is 2.58. The van der Waals surface area contributed by atoms with E-state index in [1.54, 1.807) is 19.9 Å². The highest BCUT2D eigenvalue weighted by Crippen LogP contribution is 2.22. The van der Waals surface area contributed by atoms with Crippen molar-refractivity contribution in [1.29, 1.82) is 0 Å². The molecule has 1 aromatic carbocycles. The van der Waals surface area contributed by atoms with Gasteiger partial charge >= 0.3 is 0 Å². The highest BCUT2D eigenvalue weighted by atomic mass is 35.5. The Bertz CT molecular complexity index is 382. The van der Waals surface area contributed by atoms with Gasteiger partial charge in [0.25, 0.3) is 0 Å². The minimum absolute atomic E-state index is 0.0631. The lowest BCUT2D eigenvalue weighted by molar-refractivity contribution is -0.136. The topological polar surface area (TPSA) is 26.3 Å². The lowest BCUT2D eigenvalue weighted by Crippen LogP contribution is -2.35. The SMILES string of the molecule is COC(C)(C)C(=O)Cc1c(F)cccc1Cl. The highest BCUT2D eigenvalue weighted by Gasteiger charge is 2.28. The van der Waals surface area contributed by atoms with E-state index in [1.807, 2.05) is 0 Å². The van der Waals surface area contributed by atoms with Gasteiger partial charge in [-0.1, -0.05) is 17.7 Å². The third-order valence-corrected chi connectivity index (χ3v) is 2.93. The van der Waals surface area contributed by atoms with Crippen LogP contribution in [0.4, 0.5) is 4.39 Å². The van der Waals surface area contributed by atoms with Gasteiger partial charge in [-0.2, -0.15) is 0 Å². The first-order chi connectivity index (χ1) is 7.38. The Balaban J connectivity index is 2.94. The van der Waals surface area contributed by atoms with Crippen molar-refractivity contribution in [3.05, 3.63) is 34.6 Å². The number of ketones is 1. The summed E-state index contributed by atoms with van der Waals surface area (Å²) in [4.78, 5) is 11.8. The number of hydrogen-bond acceptors (Lipinski definition) is 2. The summed E-state index contributed by atoms with van der Waals surface area (Å²) in [6.45, 7) is 3.29. The number of halogens is 2. The van der Waals surface area contributed by atoms with Gasteiger partial charge in [-0.25, -0.2) is 4.39 Å². The van der Waals surface area contributed by atoms with Crippen molar-refractivity contribution in [3.8, 4) is 0 Å². The second-order valence-corrected chi connectivity index (χ2v) is 4.42. The molecular weight excluding hydrogens is 231 g/mol. The summed E-state index contributed by atoms with van der Waals surface area (Å²) in [6.07, 6.45) is -0.0631. The molecule has 0 bridgehead atoms. The van der Waals surface area contributed by atoms with Crippen LogP contribution in [0.25, 0.3) is 0 Å². The normalized spacial score (nSPS) is 11.6. The number of hydrogen-bond donors (Lipinski definition) is 0. The fraction of sp³-hybridized carbons (Fsp3) is 0.417. The molecule has 0 aromatic heterocycles. The molecule has 0 heterocycles.